The maximum Gasteiger partial charge on any atom is 0.234 e. The number of hydrogen-bond acceptors (Lipinski definition) is 5. The number of aryl methyl sites for hydroxylation is 1. The molecule has 6 nitrogen and oxygen atoms in total. The first-order valence-corrected chi connectivity index (χ1v) is 10.9. The first-order chi connectivity index (χ1) is 14.2. The SMILES string of the molecule is Cc1ccc(-n2c(SCC(=O)Nc3ccccc3)nnc2N2CCCCC2)cc1. The largest absolute Gasteiger partial charge is 0.341 e. The lowest BCUT2D eigenvalue weighted by molar-refractivity contribution is -0.113. The van der Waals surface area contributed by atoms with Gasteiger partial charge in [-0.1, -0.05) is 47.7 Å². The van der Waals surface area contributed by atoms with Crippen molar-refractivity contribution >= 4 is 29.3 Å². The first kappa shape index (κ1) is 19.5. The van der Waals surface area contributed by atoms with E-state index in [-0.39, 0.29) is 11.7 Å². The number of benzene rings is 2. The standard InChI is InChI=1S/C22H25N5OS/c1-17-10-12-19(13-11-17)27-21(26-14-6-3-7-15-26)24-25-22(27)29-16-20(28)23-18-8-4-2-5-9-18/h2,4-5,8-13H,3,6-7,14-16H2,1H3,(H,23,28). The monoisotopic (exact) mass is 407 g/mol. The quantitative estimate of drug-likeness (QED) is 0.618. The van der Waals surface area contributed by atoms with E-state index in [9.17, 15) is 4.79 Å². The number of piperidine rings is 1. The molecular formula is C22H25N5OS. The van der Waals surface area contributed by atoms with Crippen molar-refractivity contribution in [1.82, 2.24) is 14.8 Å². The molecule has 150 valence electrons. The molecule has 0 spiro atoms. The van der Waals surface area contributed by atoms with Crippen LogP contribution in [0.4, 0.5) is 11.6 Å². The van der Waals surface area contributed by atoms with Crippen LogP contribution in [0.5, 0.6) is 0 Å². The molecule has 3 aromatic rings. The van der Waals surface area contributed by atoms with E-state index in [2.05, 4.69) is 56.2 Å². The molecule has 0 saturated carbocycles. The lowest BCUT2D eigenvalue weighted by Crippen LogP contribution is -2.31. The normalized spacial score (nSPS) is 14.0. The highest BCUT2D eigenvalue weighted by Crippen LogP contribution is 2.28. The third-order valence-corrected chi connectivity index (χ3v) is 5.87. The van der Waals surface area contributed by atoms with E-state index < -0.39 is 0 Å². The number of rotatable bonds is 6. The molecule has 29 heavy (non-hydrogen) atoms. The summed E-state index contributed by atoms with van der Waals surface area (Å²) in [6, 6.07) is 17.8. The van der Waals surface area contributed by atoms with Gasteiger partial charge < -0.3 is 10.2 Å². The minimum atomic E-state index is -0.0563. The van der Waals surface area contributed by atoms with E-state index in [1.807, 2.05) is 30.3 Å². The molecule has 0 radical (unpaired) electrons. The molecule has 0 unspecified atom stereocenters. The minimum absolute atomic E-state index is 0.0563. The van der Waals surface area contributed by atoms with Crippen molar-refractivity contribution in [3.63, 3.8) is 0 Å². The fraction of sp³-hybridized carbons (Fsp3) is 0.318. The summed E-state index contributed by atoms with van der Waals surface area (Å²) in [5.74, 6) is 1.08. The molecule has 0 atom stereocenters. The highest BCUT2D eigenvalue weighted by atomic mass is 32.2. The number of thioether (sulfide) groups is 1. The molecule has 0 bridgehead atoms. The third kappa shape index (κ3) is 4.79. The number of para-hydroxylation sites is 1. The van der Waals surface area contributed by atoms with Gasteiger partial charge in [0.15, 0.2) is 5.16 Å². The van der Waals surface area contributed by atoms with Crippen LogP contribution >= 0.6 is 11.8 Å². The first-order valence-electron chi connectivity index (χ1n) is 9.96. The number of nitrogens with zero attached hydrogens (tertiary/aromatic N) is 4. The van der Waals surface area contributed by atoms with Gasteiger partial charge in [0.25, 0.3) is 0 Å². The molecular weight excluding hydrogens is 382 g/mol. The van der Waals surface area contributed by atoms with Crippen molar-refractivity contribution < 1.29 is 4.79 Å². The molecule has 7 heteroatoms. The lowest BCUT2D eigenvalue weighted by atomic mass is 10.1. The van der Waals surface area contributed by atoms with Gasteiger partial charge in [-0.3, -0.25) is 9.36 Å². The molecule has 1 fully saturated rings. The Morgan fingerprint density at radius 2 is 1.72 bits per heavy atom. The molecule has 1 aromatic heterocycles. The number of nitrogens with one attached hydrogen (secondary N) is 1. The van der Waals surface area contributed by atoms with Crippen molar-refractivity contribution in [2.45, 2.75) is 31.3 Å². The Labute approximate surface area is 175 Å². The van der Waals surface area contributed by atoms with Gasteiger partial charge in [0, 0.05) is 18.8 Å². The van der Waals surface area contributed by atoms with Crippen LogP contribution < -0.4 is 10.2 Å². The minimum Gasteiger partial charge on any atom is -0.341 e. The smallest absolute Gasteiger partial charge is 0.234 e. The van der Waals surface area contributed by atoms with E-state index in [0.717, 1.165) is 35.6 Å². The van der Waals surface area contributed by atoms with Crippen LogP contribution in [0.3, 0.4) is 0 Å². The number of anilines is 2. The summed E-state index contributed by atoms with van der Waals surface area (Å²) in [4.78, 5) is 14.7. The van der Waals surface area contributed by atoms with Crippen LogP contribution in [0.25, 0.3) is 5.69 Å². The van der Waals surface area contributed by atoms with Crippen LogP contribution in [0.2, 0.25) is 0 Å². The van der Waals surface area contributed by atoms with Gasteiger partial charge in [0.1, 0.15) is 0 Å². The zero-order valence-corrected chi connectivity index (χ0v) is 17.4. The van der Waals surface area contributed by atoms with Gasteiger partial charge in [-0.05, 0) is 50.5 Å². The molecule has 1 amide bonds. The maximum atomic E-state index is 12.4. The Balaban J connectivity index is 1.55. The van der Waals surface area contributed by atoms with Crippen molar-refractivity contribution in [2.75, 3.05) is 29.1 Å². The zero-order valence-electron chi connectivity index (χ0n) is 16.5. The molecule has 1 aliphatic rings. The fourth-order valence-corrected chi connectivity index (χ4v) is 4.17. The highest BCUT2D eigenvalue weighted by Gasteiger charge is 2.22. The van der Waals surface area contributed by atoms with E-state index in [0.29, 0.717) is 0 Å². The van der Waals surface area contributed by atoms with Gasteiger partial charge >= 0.3 is 0 Å². The summed E-state index contributed by atoms with van der Waals surface area (Å²) in [5.41, 5.74) is 3.03. The molecule has 1 aliphatic heterocycles. The number of aromatic nitrogens is 3. The van der Waals surface area contributed by atoms with Crippen LogP contribution in [0.15, 0.2) is 59.8 Å². The second-order valence-corrected chi connectivity index (χ2v) is 8.15. The van der Waals surface area contributed by atoms with Gasteiger partial charge in [-0.2, -0.15) is 0 Å². The molecule has 4 rings (SSSR count). The Hall–Kier alpha value is -2.80. The summed E-state index contributed by atoms with van der Waals surface area (Å²) in [6.45, 7) is 4.05. The predicted octanol–water partition coefficient (Wildman–Crippen LogP) is 4.30. The summed E-state index contributed by atoms with van der Waals surface area (Å²) in [6.07, 6.45) is 3.60. The Kier molecular flexibility index (Phi) is 6.14. The van der Waals surface area contributed by atoms with E-state index >= 15 is 0 Å². The maximum absolute atomic E-state index is 12.4. The second kappa shape index (κ2) is 9.13. The van der Waals surface area contributed by atoms with Crippen LogP contribution in [-0.2, 0) is 4.79 Å². The molecule has 2 aromatic carbocycles. The number of carbonyl (C=O) groups is 1. The van der Waals surface area contributed by atoms with Crippen LogP contribution in [0.1, 0.15) is 24.8 Å². The zero-order chi connectivity index (χ0) is 20.1. The average molecular weight is 408 g/mol. The Morgan fingerprint density at radius 3 is 2.45 bits per heavy atom. The Bertz CT molecular complexity index is 949. The Morgan fingerprint density at radius 1 is 1.00 bits per heavy atom. The average Bonchev–Trinajstić information content (AvgIpc) is 3.18. The molecule has 1 saturated heterocycles. The van der Waals surface area contributed by atoms with Gasteiger partial charge in [-0.25, -0.2) is 0 Å². The summed E-state index contributed by atoms with van der Waals surface area (Å²) < 4.78 is 2.07. The van der Waals surface area contributed by atoms with Crippen molar-refractivity contribution in [2.24, 2.45) is 0 Å². The number of hydrogen-bond donors (Lipinski definition) is 1. The third-order valence-electron chi connectivity index (χ3n) is 4.94. The highest BCUT2D eigenvalue weighted by molar-refractivity contribution is 7.99. The summed E-state index contributed by atoms with van der Waals surface area (Å²) >= 11 is 1.41. The van der Waals surface area contributed by atoms with E-state index in [1.165, 1.54) is 36.6 Å². The van der Waals surface area contributed by atoms with Crippen molar-refractivity contribution in [3.8, 4) is 5.69 Å². The fourth-order valence-electron chi connectivity index (χ4n) is 3.42. The molecule has 0 aliphatic carbocycles. The van der Waals surface area contributed by atoms with Crippen LogP contribution in [0, 0.1) is 6.92 Å². The van der Waals surface area contributed by atoms with E-state index in [4.69, 9.17) is 0 Å². The van der Waals surface area contributed by atoms with Gasteiger partial charge in [0.05, 0.1) is 11.4 Å². The summed E-state index contributed by atoms with van der Waals surface area (Å²) in [5, 5.41) is 12.6. The lowest BCUT2D eigenvalue weighted by Gasteiger charge is -2.27. The predicted molar refractivity (Wildman–Crippen MR) is 118 cm³/mol. The molecule has 1 N–H and O–H groups in total. The number of amides is 1. The van der Waals surface area contributed by atoms with Gasteiger partial charge in [0.2, 0.25) is 11.9 Å². The van der Waals surface area contributed by atoms with Crippen LogP contribution in [-0.4, -0.2) is 39.5 Å². The topological polar surface area (TPSA) is 63.1 Å². The number of carbonyl (C=O) groups excluding carboxylic acids is 1. The molecule has 2 heterocycles. The summed E-state index contributed by atoms with van der Waals surface area (Å²) in [7, 11) is 0. The van der Waals surface area contributed by atoms with Crippen molar-refractivity contribution in [1.29, 1.82) is 0 Å². The van der Waals surface area contributed by atoms with E-state index in [1.54, 1.807) is 0 Å². The van der Waals surface area contributed by atoms with Gasteiger partial charge in [-0.15, -0.1) is 10.2 Å². The second-order valence-electron chi connectivity index (χ2n) is 7.20. The van der Waals surface area contributed by atoms with Crippen molar-refractivity contribution in [3.05, 3.63) is 60.2 Å².